The van der Waals surface area contributed by atoms with E-state index >= 15 is 0 Å². The van der Waals surface area contributed by atoms with Crippen LogP contribution in [0.2, 0.25) is 30.1 Å². The number of aromatic nitrogens is 10. The van der Waals surface area contributed by atoms with Gasteiger partial charge < -0.3 is 46.8 Å². The Labute approximate surface area is 644 Å². The maximum Gasteiger partial charge on any atom is 0.373 e. The van der Waals surface area contributed by atoms with E-state index in [0.29, 0.717) is 34.7 Å². The lowest BCUT2D eigenvalue weighted by molar-refractivity contribution is -0.193. The third-order valence-electron chi connectivity index (χ3n) is 14.2. The van der Waals surface area contributed by atoms with E-state index in [0.717, 1.165) is 77.7 Å². The fourth-order valence-electron chi connectivity index (χ4n) is 8.87. The van der Waals surface area contributed by atoms with Crippen molar-refractivity contribution >= 4 is 202 Å². The molecule has 0 saturated heterocycles. The molecular weight excluding hydrogens is 1550 g/mol. The first-order chi connectivity index (χ1) is 52.1. The normalized spacial score (nSPS) is 9.80. The van der Waals surface area contributed by atoms with Crippen molar-refractivity contribution in [1.82, 2.24) is 50.3 Å². The zero-order valence-corrected chi connectivity index (χ0v) is 61.9. The highest BCUT2D eigenvalue weighted by Crippen LogP contribution is 2.35. The Hall–Kier alpha value is -13.3. The Morgan fingerprint density at radius 3 is 1.42 bits per heavy atom. The summed E-state index contributed by atoms with van der Waals surface area (Å²) in [5.41, 5.74) is 27.2. The zero-order chi connectivity index (χ0) is 81.0. The van der Waals surface area contributed by atoms with Gasteiger partial charge in [-0.3, -0.25) is 34.6 Å². The van der Waals surface area contributed by atoms with E-state index in [1.54, 1.807) is 68.1 Å². The number of nitrogens with one attached hydrogen (secondary N) is 5. The summed E-state index contributed by atoms with van der Waals surface area (Å²) in [4.78, 5) is 122. The van der Waals surface area contributed by atoms with Crippen LogP contribution < -0.4 is 22.8 Å². The second-order valence-electron chi connectivity index (χ2n) is 21.0. The standard InChI is InChI=1S/C18H12Cl2N4O3.C9H9Cl2NO2.C9H11NO2.C8H7Cl2NO2.C8H7N3O.C8H7N3.C8H6N2O.3CO2/c1-27-18(26)14-12(19)5-11-16(15(14)20)21-8-24(17(11)25)7-9-2-3-10-6-22-23-13(10)4-9;1-4-3-5(10)6(9(13)14-2)7(11)8(4)12;1-6-3-4-7(5-8(6)10)9(11)12-2;1-13-8(12)6-4(9)2-3-5(11)7(6)10;12-10-4-6-1-2-7-5-9-11-8(7)3-6;9-4-6-1-2-7-5-10-11-8(7)3-6;11-5-6-1-2-7-4-9-10-8(7)3-6;3*2-1-3/h2-6,8H,7H2,1H3,(H,22,23);3H,12H2,1-2H3;3-5H,10H2,1-2H3;2-3H,11H2,1H3;1-5,12H,(H,9,11);1-5,9H,(H,10,11);1-5H,(H,9,10);;;/b;;;;10-4+;;;;;. The molecule has 13 rings (SSSR count). The molecule has 0 saturated carbocycles. The van der Waals surface area contributed by atoms with Crippen LogP contribution in [0.4, 0.5) is 17.1 Å². The van der Waals surface area contributed by atoms with Crippen molar-refractivity contribution in [2.75, 3.05) is 45.6 Å². The first-order valence-electron chi connectivity index (χ1n) is 30.0. The number of ether oxygens (including phenoxy) is 4. The molecule has 0 bridgehead atoms. The van der Waals surface area contributed by atoms with Gasteiger partial charge in [-0.25, -0.2) is 24.2 Å². The van der Waals surface area contributed by atoms with E-state index in [4.69, 9.17) is 126 Å². The quantitative estimate of drug-likeness (QED) is 0.0123. The number of carbonyl (C=O) groups excluding carboxylic acids is 11. The number of oxime groups is 1. The van der Waals surface area contributed by atoms with Gasteiger partial charge in [-0.05, 0) is 102 Å². The molecule has 13 aromatic rings. The van der Waals surface area contributed by atoms with Gasteiger partial charge in [-0.1, -0.05) is 129 Å². The van der Waals surface area contributed by atoms with E-state index in [2.05, 4.69) is 69.9 Å². The van der Waals surface area contributed by atoms with Gasteiger partial charge in [0.25, 0.3) is 5.56 Å². The molecule has 562 valence electrons. The van der Waals surface area contributed by atoms with Crippen LogP contribution in [0.3, 0.4) is 0 Å². The minimum absolute atomic E-state index is 0.00696. The Bertz CT molecular complexity index is 5480. The SMILES string of the molecule is COC(=O)c1c(Cl)cc(C)c(N)c1Cl.COC(=O)c1c(Cl)cc2c(=O)n(Cc3ccc4cn[nH]c4c3)cnc2c1Cl.COC(=O)c1c(Cl)ccc(N)c1Cl.COC(=O)c1ccc(C)c(N)c1.N=Cc1ccc2cn[nH]c2c1.O/N=C/c1ccc2cn[nH]c2c1.O=C=O.O=C=O.O=C=O.O=Cc1ccc2cn[nH]c2c1. The number of esters is 4. The Balaban J connectivity index is 0.000000271. The monoisotopic (exact) mass is 1600 g/mol. The van der Waals surface area contributed by atoms with Gasteiger partial charge in [0.1, 0.15) is 6.29 Å². The maximum absolute atomic E-state index is 12.9. The van der Waals surface area contributed by atoms with Crippen molar-refractivity contribution in [3.05, 3.63) is 242 Å². The number of hydrogen-bond acceptors (Lipinski definition) is 27. The number of nitrogens with two attached hydrogens (primary N) is 3. The second-order valence-corrected chi connectivity index (χ2v) is 23.3. The summed E-state index contributed by atoms with van der Waals surface area (Å²) < 4.78 is 19.7. The second kappa shape index (κ2) is 44.5. The Kier molecular flexibility index (Phi) is 36.0. The molecule has 0 unspecified atom stereocenters. The van der Waals surface area contributed by atoms with Crippen LogP contribution in [-0.2, 0) is 54.3 Å². The average Bonchev–Trinajstić information content (AvgIpc) is 1.42. The summed E-state index contributed by atoms with van der Waals surface area (Å²) in [6.07, 6.45) is 12.6. The molecule has 0 amide bonds. The van der Waals surface area contributed by atoms with Crippen LogP contribution in [0.5, 0.6) is 0 Å². The molecule has 0 radical (unpaired) electrons. The minimum atomic E-state index is -0.689. The molecule has 38 heteroatoms. The van der Waals surface area contributed by atoms with Gasteiger partial charge in [0.2, 0.25) is 0 Å². The highest BCUT2D eigenvalue weighted by molar-refractivity contribution is 6.43. The van der Waals surface area contributed by atoms with Crippen LogP contribution in [0.15, 0.2) is 156 Å². The number of nitrogen functional groups attached to an aromatic ring is 3. The van der Waals surface area contributed by atoms with E-state index < -0.39 is 17.9 Å². The summed E-state index contributed by atoms with van der Waals surface area (Å²) in [5.74, 6) is -2.23. The molecule has 8 aromatic carbocycles. The van der Waals surface area contributed by atoms with Gasteiger partial charge in [-0.15, -0.1) is 0 Å². The fourth-order valence-corrected chi connectivity index (χ4v) is 10.8. The number of carbonyl (C=O) groups is 5. The lowest BCUT2D eigenvalue weighted by atomic mass is 10.1. The zero-order valence-electron chi connectivity index (χ0n) is 57.4. The molecule has 0 aliphatic carbocycles. The lowest BCUT2D eigenvalue weighted by Gasteiger charge is -2.10. The number of halogens is 6. The molecular formula is C71H59Cl6N15O17. The summed E-state index contributed by atoms with van der Waals surface area (Å²) in [6, 6.07) is 33.6. The number of fused-ring (bicyclic) bond motifs is 5. The number of aryl methyl sites for hydroxylation is 2. The van der Waals surface area contributed by atoms with Crippen molar-refractivity contribution in [2.24, 2.45) is 5.16 Å². The lowest BCUT2D eigenvalue weighted by Crippen LogP contribution is -2.21. The number of aromatic amines is 4. The maximum atomic E-state index is 12.9. The highest BCUT2D eigenvalue weighted by atomic mass is 35.5. The first-order valence-corrected chi connectivity index (χ1v) is 32.3. The molecule has 0 aliphatic heterocycles. The number of hydrogen-bond donors (Lipinski definition) is 9. The van der Waals surface area contributed by atoms with Gasteiger partial charge in [0, 0.05) is 39.0 Å². The molecule has 12 N–H and O–H groups in total. The van der Waals surface area contributed by atoms with Crippen LogP contribution >= 0.6 is 69.6 Å². The summed E-state index contributed by atoms with van der Waals surface area (Å²) in [5, 5.41) is 50.3. The summed E-state index contributed by atoms with van der Waals surface area (Å²) in [6.45, 7) is 3.95. The van der Waals surface area contributed by atoms with E-state index in [-0.39, 0.29) is 87.7 Å². The number of anilines is 3. The van der Waals surface area contributed by atoms with Crippen LogP contribution in [0.25, 0.3) is 54.5 Å². The van der Waals surface area contributed by atoms with Gasteiger partial charge in [-0.2, -0.15) is 49.2 Å². The number of methoxy groups -OCH3 is 4. The molecule has 0 spiro atoms. The first kappa shape index (κ1) is 88.2. The summed E-state index contributed by atoms with van der Waals surface area (Å²) >= 11 is 35.6. The number of nitrogens with zero attached hydrogens (tertiary/aromatic N) is 7. The number of aldehydes is 1. The van der Waals surface area contributed by atoms with Gasteiger partial charge in [0.05, 0.1) is 169 Å². The van der Waals surface area contributed by atoms with Crippen LogP contribution in [-0.4, -0.2) is 145 Å². The van der Waals surface area contributed by atoms with Crippen molar-refractivity contribution in [3.63, 3.8) is 0 Å². The molecule has 109 heavy (non-hydrogen) atoms. The van der Waals surface area contributed by atoms with E-state index in [9.17, 15) is 28.8 Å². The van der Waals surface area contributed by atoms with E-state index in [1.165, 1.54) is 70.0 Å². The molecule has 5 aromatic heterocycles. The van der Waals surface area contributed by atoms with Gasteiger partial charge in [0.15, 0.2) is 0 Å². The van der Waals surface area contributed by atoms with Crippen molar-refractivity contribution < 1.29 is 76.9 Å². The number of H-pyrrole nitrogens is 4. The molecule has 0 fully saturated rings. The largest absolute Gasteiger partial charge is 0.465 e. The molecule has 32 nitrogen and oxygen atoms in total. The predicted molar refractivity (Wildman–Crippen MR) is 405 cm³/mol. The van der Waals surface area contributed by atoms with Crippen molar-refractivity contribution in [1.29, 1.82) is 5.41 Å². The minimum Gasteiger partial charge on any atom is -0.465 e. The van der Waals surface area contributed by atoms with E-state index in [1.807, 2.05) is 67.6 Å². The van der Waals surface area contributed by atoms with Crippen molar-refractivity contribution in [2.45, 2.75) is 20.4 Å². The third kappa shape index (κ3) is 24.9. The number of benzene rings is 8. The number of rotatable bonds is 9. The Morgan fingerprint density at radius 1 is 0.523 bits per heavy atom. The third-order valence-corrected chi connectivity index (χ3v) is 16.3. The fraction of sp³-hybridized carbons (Fsp3) is 0.0986. The highest BCUT2D eigenvalue weighted by Gasteiger charge is 2.23. The van der Waals surface area contributed by atoms with Crippen LogP contribution in [0.1, 0.15) is 79.6 Å². The Morgan fingerprint density at radius 2 is 0.954 bits per heavy atom. The predicted octanol–water partition coefficient (Wildman–Crippen LogP) is 12.4. The van der Waals surface area contributed by atoms with Crippen molar-refractivity contribution in [3.8, 4) is 0 Å². The average molecular weight is 1610 g/mol. The summed E-state index contributed by atoms with van der Waals surface area (Å²) in [7, 11) is 5.07. The smallest absolute Gasteiger partial charge is 0.373 e. The molecule has 5 heterocycles. The van der Waals surface area contributed by atoms with Crippen LogP contribution in [0, 0.1) is 19.3 Å². The topological polar surface area (TPSA) is 509 Å². The molecule has 0 aliphatic rings. The molecule has 0 atom stereocenters. The van der Waals surface area contributed by atoms with Gasteiger partial charge >= 0.3 is 42.3 Å².